The zero-order chi connectivity index (χ0) is 17.3. The summed E-state index contributed by atoms with van der Waals surface area (Å²) in [6, 6.07) is 8.08. The normalized spacial score (nSPS) is 17.2. The smallest absolute Gasteiger partial charge is 0.410 e. The van der Waals surface area contributed by atoms with Gasteiger partial charge in [-0.2, -0.15) is 0 Å². The quantitative estimate of drug-likeness (QED) is 0.895. The van der Waals surface area contributed by atoms with Crippen molar-refractivity contribution in [2.24, 2.45) is 0 Å². The van der Waals surface area contributed by atoms with Gasteiger partial charge in [-0.25, -0.2) is 4.79 Å². The van der Waals surface area contributed by atoms with Crippen LogP contribution in [0.5, 0.6) is 0 Å². The van der Waals surface area contributed by atoms with Gasteiger partial charge in [-0.15, -0.1) is 0 Å². The molecule has 4 heteroatoms. The minimum absolute atomic E-state index is 0.230. The lowest BCUT2D eigenvalue weighted by Gasteiger charge is -2.35. The van der Waals surface area contributed by atoms with Crippen molar-refractivity contribution in [1.29, 1.82) is 0 Å². The van der Waals surface area contributed by atoms with Crippen molar-refractivity contribution < 1.29 is 14.6 Å². The number of piperidine rings is 1. The Morgan fingerprint density at radius 2 is 1.70 bits per heavy atom. The first-order chi connectivity index (χ1) is 10.6. The first-order valence-corrected chi connectivity index (χ1v) is 8.37. The Bertz CT molecular complexity index is 546. The van der Waals surface area contributed by atoms with Crippen LogP contribution in [0.25, 0.3) is 0 Å². The molecule has 1 aliphatic rings. The van der Waals surface area contributed by atoms with E-state index in [1.165, 1.54) is 5.56 Å². The van der Waals surface area contributed by atoms with E-state index in [2.05, 4.69) is 6.07 Å². The lowest BCUT2D eigenvalue weighted by molar-refractivity contribution is 0.0202. The predicted molar refractivity (Wildman–Crippen MR) is 91.5 cm³/mol. The summed E-state index contributed by atoms with van der Waals surface area (Å²) in [6.07, 6.45) is 1.56. The van der Waals surface area contributed by atoms with Crippen molar-refractivity contribution in [2.45, 2.75) is 64.6 Å². The molecule has 0 atom stereocenters. The SMILES string of the molecule is CC(C)(C)OC(=O)N1CCC(c2ccccc2C(C)(C)O)CC1. The van der Waals surface area contributed by atoms with Gasteiger partial charge in [0, 0.05) is 13.1 Å². The van der Waals surface area contributed by atoms with Crippen LogP contribution >= 0.6 is 0 Å². The highest BCUT2D eigenvalue weighted by atomic mass is 16.6. The van der Waals surface area contributed by atoms with E-state index >= 15 is 0 Å². The number of likely N-dealkylation sites (tertiary alicyclic amines) is 1. The third-order valence-electron chi connectivity index (χ3n) is 4.21. The van der Waals surface area contributed by atoms with Crippen LogP contribution in [-0.4, -0.2) is 34.8 Å². The average molecular weight is 319 g/mol. The molecule has 128 valence electrons. The standard InChI is InChI=1S/C19H29NO3/c1-18(2,3)23-17(21)20-12-10-14(11-13-20)15-8-6-7-9-16(15)19(4,5)22/h6-9,14,22H,10-13H2,1-5H3. The Kier molecular flexibility index (Phi) is 5.04. The molecule has 1 N–H and O–H groups in total. The number of hydrogen-bond acceptors (Lipinski definition) is 3. The molecule has 0 bridgehead atoms. The number of hydrogen-bond donors (Lipinski definition) is 1. The van der Waals surface area contributed by atoms with E-state index in [1.807, 2.05) is 52.8 Å². The van der Waals surface area contributed by atoms with Crippen LogP contribution in [0.4, 0.5) is 4.79 Å². The van der Waals surface area contributed by atoms with Gasteiger partial charge in [-0.05, 0) is 64.5 Å². The number of aliphatic hydroxyl groups is 1. The number of ether oxygens (including phenoxy) is 1. The van der Waals surface area contributed by atoms with Gasteiger partial charge in [0.1, 0.15) is 5.60 Å². The number of benzene rings is 1. The van der Waals surface area contributed by atoms with E-state index in [9.17, 15) is 9.90 Å². The molecule has 0 spiro atoms. The van der Waals surface area contributed by atoms with E-state index in [1.54, 1.807) is 4.90 Å². The monoisotopic (exact) mass is 319 g/mol. The van der Waals surface area contributed by atoms with Crippen LogP contribution in [0.1, 0.15) is 64.5 Å². The molecule has 23 heavy (non-hydrogen) atoms. The second kappa shape index (κ2) is 6.52. The van der Waals surface area contributed by atoms with Gasteiger partial charge in [0.15, 0.2) is 0 Å². The minimum atomic E-state index is -0.848. The summed E-state index contributed by atoms with van der Waals surface area (Å²) >= 11 is 0. The van der Waals surface area contributed by atoms with E-state index < -0.39 is 11.2 Å². The second-order valence-electron chi connectivity index (χ2n) is 7.89. The van der Waals surface area contributed by atoms with E-state index in [0.29, 0.717) is 19.0 Å². The lowest BCUT2D eigenvalue weighted by atomic mass is 9.82. The Morgan fingerprint density at radius 1 is 1.13 bits per heavy atom. The maximum Gasteiger partial charge on any atom is 0.410 e. The molecular weight excluding hydrogens is 290 g/mol. The molecule has 0 unspecified atom stereocenters. The molecule has 1 heterocycles. The van der Waals surface area contributed by atoms with Crippen LogP contribution < -0.4 is 0 Å². The molecule has 0 aliphatic carbocycles. The topological polar surface area (TPSA) is 49.8 Å². The Morgan fingerprint density at radius 3 is 2.22 bits per heavy atom. The van der Waals surface area contributed by atoms with Crippen molar-refractivity contribution in [1.82, 2.24) is 4.90 Å². The molecule has 2 rings (SSSR count). The number of carbonyl (C=O) groups excluding carboxylic acids is 1. The predicted octanol–water partition coefficient (Wildman–Crippen LogP) is 4.03. The highest BCUT2D eigenvalue weighted by Crippen LogP contribution is 2.35. The first-order valence-electron chi connectivity index (χ1n) is 8.37. The average Bonchev–Trinajstić information content (AvgIpc) is 2.45. The van der Waals surface area contributed by atoms with Crippen LogP contribution in [0.3, 0.4) is 0 Å². The van der Waals surface area contributed by atoms with Crippen LogP contribution in [0, 0.1) is 0 Å². The van der Waals surface area contributed by atoms with Crippen molar-refractivity contribution >= 4 is 6.09 Å². The van der Waals surface area contributed by atoms with Gasteiger partial charge in [0.2, 0.25) is 0 Å². The Balaban J connectivity index is 2.04. The van der Waals surface area contributed by atoms with Gasteiger partial charge >= 0.3 is 6.09 Å². The van der Waals surface area contributed by atoms with E-state index in [-0.39, 0.29) is 6.09 Å². The molecule has 0 radical (unpaired) electrons. The molecule has 0 aromatic heterocycles. The number of carbonyl (C=O) groups is 1. The molecule has 1 amide bonds. The third-order valence-corrected chi connectivity index (χ3v) is 4.21. The highest BCUT2D eigenvalue weighted by Gasteiger charge is 2.30. The molecule has 0 saturated carbocycles. The van der Waals surface area contributed by atoms with Crippen molar-refractivity contribution in [3.8, 4) is 0 Å². The fourth-order valence-electron chi connectivity index (χ4n) is 3.11. The summed E-state index contributed by atoms with van der Waals surface area (Å²) in [6.45, 7) is 10.7. The van der Waals surface area contributed by atoms with Crippen LogP contribution in [0.15, 0.2) is 24.3 Å². The Hall–Kier alpha value is -1.55. The molecule has 1 aromatic carbocycles. The number of amides is 1. The van der Waals surface area contributed by atoms with Gasteiger partial charge < -0.3 is 14.7 Å². The van der Waals surface area contributed by atoms with Crippen molar-refractivity contribution in [3.63, 3.8) is 0 Å². The van der Waals surface area contributed by atoms with Crippen LogP contribution in [0.2, 0.25) is 0 Å². The zero-order valence-corrected chi connectivity index (χ0v) is 14.9. The largest absolute Gasteiger partial charge is 0.444 e. The summed E-state index contributed by atoms with van der Waals surface area (Å²) in [4.78, 5) is 13.9. The second-order valence-corrected chi connectivity index (χ2v) is 7.89. The summed E-state index contributed by atoms with van der Waals surface area (Å²) in [5.74, 6) is 0.372. The van der Waals surface area contributed by atoms with Gasteiger partial charge in [-0.1, -0.05) is 24.3 Å². The molecule has 1 fully saturated rings. The van der Waals surface area contributed by atoms with Gasteiger partial charge in [0.05, 0.1) is 5.60 Å². The van der Waals surface area contributed by atoms with Gasteiger partial charge in [0.25, 0.3) is 0 Å². The molecule has 1 saturated heterocycles. The lowest BCUT2D eigenvalue weighted by Crippen LogP contribution is -2.41. The van der Waals surface area contributed by atoms with E-state index in [4.69, 9.17) is 4.74 Å². The summed E-state index contributed by atoms with van der Waals surface area (Å²) in [7, 11) is 0. The number of nitrogens with zero attached hydrogens (tertiary/aromatic N) is 1. The fraction of sp³-hybridized carbons (Fsp3) is 0.632. The third kappa shape index (κ3) is 4.71. The van der Waals surface area contributed by atoms with Gasteiger partial charge in [-0.3, -0.25) is 0 Å². The molecule has 1 aromatic rings. The van der Waals surface area contributed by atoms with Crippen molar-refractivity contribution in [3.05, 3.63) is 35.4 Å². The zero-order valence-electron chi connectivity index (χ0n) is 14.9. The minimum Gasteiger partial charge on any atom is -0.444 e. The fourth-order valence-corrected chi connectivity index (χ4v) is 3.11. The van der Waals surface area contributed by atoms with E-state index in [0.717, 1.165) is 18.4 Å². The number of rotatable bonds is 2. The van der Waals surface area contributed by atoms with Crippen LogP contribution in [-0.2, 0) is 10.3 Å². The maximum atomic E-state index is 12.1. The molecular formula is C19H29NO3. The molecule has 4 nitrogen and oxygen atoms in total. The molecule has 1 aliphatic heterocycles. The highest BCUT2D eigenvalue weighted by molar-refractivity contribution is 5.68. The summed E-state index contributed by atoms with van der Waals surface area (Å²) < 4.78 is 5.44. The summed E-state index contributed by atoms with van der Waals surface area (Å²) in [5, 5.41) is 10.4. The Labute approximate surface area is 139 Å². The first kappa shape index (κ1) is 17.8. The van der Waals surface area contributed by atoms with Crippen molar-refractivity contribution in [2.75, 3.05) is 13.1 Å². The summed E-state index contributed by atoms with van der Waals surface area (Å²) in [5.41, 5.74) is 0.875. The maximum absolute atomic E-state index is 12.1.